The molecule has 0 aliphatic carbocycles. The molecular formula is C12H18ClNO2. The van der Waals surface area contributed by atoms with E-state index in [0.29, 0.717) is 30.5 Å². The number of benzene rings is 1. The molecule has 1 rings (SSSR count). The van der Waals surface area contributed by atoms with Gasteiger partial charge in [-0.3, -0.25) is 0 Å². The van der Waals surface area contributed by atoms with Gasteiger partial charge in [-0.1, -0.05) is 17.7 Å². The lowest BCUT2D eigenvalue weighted by Crippen LogP contribution is -2.09. The first-order valence-electron chi connectivity index (χ1n) is 5.33. The molecule has 1 aromatic rings. The van der Waals surface area contributed by atoms with Gasteiger partial charge in [0.1, 0.15) is 0 Å². The van der Waals surface area contributed by atoms with Crippen molar-refractivity contribution in [2.45, 2.75) is 26.6 Å². The molecule has 0 atom stereocenters. The van der Waals surface area contributed by atoms with Crippen LogP contribution >= 0.6 is 11.6 Å². The second kappa shape index (κ2) is 6.74. The number of nitrogens with two attached hydrogens (primary N) is 1. The van der Waals surface area contributed by atoms with Gasteiger partial charge in [0.2, 0.25) is 0 Å². The topological polar surface area (TPSA) is 44.5 Å². The molecule has 0 bridgehead atoms. The van der Waals surface area contributed by atoms with E-state index in [-0.39, 0.29) is 6.10 Å². The number of hydrogen-bond donors (Lipinski definition) is 1. The molecule has 90 valence electrons. The Kier molecular flexibility index (Phi) is 5.60. The van der Waals surface area contributed by atoms with Crippen molar-refractivity contribution in [3.63, 3.8) is 0 Å². The second-order valence-electron chi connectivity index (χ2n) is 3.82. The summed E-state index contributed by atoms with van der Waals surface area (Å²) in [7, 11) is 0. The molecule has 0 unspecified atom stereocenters. The van der Waals surface area contributed by atoms with Crippen molar-refractivity contribution >= 4 is 17.3 Å². The monoisotopic (exact) mass is 243 g/mol. The van der Waals surface area contributed by atoms with E-state index in [2.05, 4.69) is 0 Å². The molecule has 0 aromatic heterocycles. The highest BCUT2D eigenvalue weighted by molar-refractivity contribution is 6.30. The maximum absolute atomic E-state index is 5.79. The first-order valence-corrected chi connectivity index (χ1v) is 5.70. The van der Waals surface area contributed by atoms with E-state index >= 15 is 0 Å². The van der Waals surface area contributed by atoms with Crippen molar-refractivity contribution in [2.75, 3.05) is 18.9 Å². The molecule has 3 nitrogen and oxygen atoms in total. The quantitative estimate of drug-likeness (QED) is 0.617. The number of hydrogen-bond acceptors (Lipinski definition) is 3. The van der Waals surface area contributed by atoms with Gasteiger partial charge in [-0.15, -0.1) is 0 Å². The van der Waals surface area contributed by atoms with E-state index in [1.54, 1.807) is 12.1 Å². The van der Waals surface area contributed by atoms with Crippen LogP contribution in [0.5, 0.6) is 0 Å². The Morgan fingerprint density at radius 1 is 1.31 bits per heavy atom. The molecular weight excluding hydrogens is 226 g/mol. The Bertz CT molecular complexity index is 329. The highest BCUT2D eigenvalue weighted by Gasteiger charge is 2.00. The van der Waals surface area contributed by atoms with Crippen molar-refractivity contribution in [3.05, 3.63) is 28.8 Å². The van der Waals surface area contributed by atoms with Crippen LogP contribution in [0.2, 0.25) is 5.02 Å². The Morgan fingerprint density at radius 2 is 2.06 bits per heavy atom. The Balaban J connectivity index is 2.27. The van der Waals surface area contributed by atoms with Gasteiger partial charge in [0.15, 0.2) is 0 Å². The molecule has 0 radical (unpaired) electrons. The van der Waals surface area contributed by atoms with Crippen molar-refractivity contribution in [3.8, 4) is 0 Å². The van der Waals surface area contributed by atoms with Gasteiger partial charge in [-0.25, -0.2) is 0 Å². The standard InChI is InChI=1S/C12H18ClNO2/c1-9(2)16-6-5-15-8-10-3-4-11(13)7-12(10)14/h3-4,7,9H,5-6,8,14H2,1-2H3. The number of ether oxygens (including phenoxy) is 2. The molecule has 2 N–H and O–H groups in total. The summed E-state index contributed by atoms with van der Waals surface area (Å²) in [6.45, 7) is 5.66. The summed E-state index contributed by atoms with van der Waals surface area (Å²) in [6.07, 6.45) is 0.240. The largest absolute Gasteiger partial charge is 0.398 e. The zero-order valence-electron chi connectivity index (χ0n) is 9.70. The molecule has 0 heterocycles. The summed E-state index contributed by atoms with van der Waals surface area (Å²) >= 11 is 5.79. The minimum atomic E-state index is 0.240. The van der Waals surface area contributed by atoms with E-state index in [9.17, 15) is 0 Å². The van der Waals surface area contributed by atoms with E-state index in [1.165, 1.54) is 0 Å². The highest BCUT2D eigenvalue weighted by atomic mass is 35.5. The van der Waals surface area contributed by atoms with Crippen LogP contribution in [0, 0.1) is 0 Å². The van der Waals surface area contributed by atoms with E-state index in [1.807, 2.05) is 19.9 Å². The lowest BCUT2D eigenvalue weighted by molar-refractivity contribution is 0.0144. The highest BCUT2D eigenvalue weighted by Crippen LogP contribution is 2.18. The Hall–Kier alpha value is -0.770. The summed E-state index contributed by atoms with van der Waals surface area (Å²) in [5.74, 6) is 0. The smallest absolute Gasteiger partial charge is 0.0738 e. The maximum Gasteiger partial charge on any atom is 0.0738 e. The average Bonchev–Trinajstić information content (AvgIpc) is 2.20. The van der Waals surface area contributed by atoms with Gasteiger partial charge in [0.25, 0.3) is 0 Å². The van der Waals surface area contributed by atoms with E-state index < -0.39 is 0 Å². The zero-order chi connectivity index (χ0) is 12.0. The molecule has 0 aliphatic heterocycles. The molecule has 0 amide bonds. The van der Waals surface area contributed by atoms with Crippen LogP contribution in [0.25, 0.3) is 0 Å². The summed E-state index contributed by atoms with van der Waals surface area (Å²) in [5.41, 5.74) is 7.41. The maximum atomic E-state index is 5.79. The van der Waals surface area contributed by atoms with Gasteiger partial charge in [-0.05, 0) is 26.0 Å². The third-order valence-electron chi connectivity index (χ3n) is 2.04. The van der Waals surface area contributed by atoms with Crippen molar-refractivity contribution < 1.29 is 9.47 Å². The van der Waals surface area contributed by atoms with Gasteiger partial charge in [0, 0.05) is 16.3 Å². The van der Waals surface area contributed by atoms with Crippen LogP contribution in [-0.2, 0) is 16.1 Å². The minimum absolute atomic E-state index is 0.240. The fourth-order valence-electron chi connectivity index (χ4n) is 1.22. The summed E-state index contributed by atoms with van der Waals surface area (Å²) in [6, 6.07) is 5.41. The fourth-order valence-corrected chi connectivity index (χ4v) is 1.40. The van der Waals surface area contributed by atoms with Crippen molar-refractivity contribution in [1.29, 1.82) is 0 Å². The molecule has 1 aromatic carbocycles. The molecule has 0 spiro atoms. The molecule has 4 heteroatoms. The molecule has 0 fully saturated rings. The van der Waals surface area contributed by atoms with Gasteiger partial charge < -0.3 is 15.2 Å². The number of halogens is 1. The van der Waals surface area contributed by atoms with Crippen molar-refractivity contribution in [1.82, 2.24) is 0 Å². The van der Waals surface area contributed by atoms with Crippen LogP contribution in [-0.4, -0.2) is 19.3 Å². The van der Waals surface area contributed by atoms with Crippen LogP contribution < -0.4 is 5.73 Å². The lowest BCUT2D eigenvalue weighted by atomic mass is 10.2. The zero-order valence-corrected chi connectivity index (χ0v) is 10.5. The van der Waals surface area contributed by atoms with E-state index in [0.717, 1.165) is 5.56 Å². The number of rotatable bonds is 6. The second-order valence-corrected chi connectivity index (χ2v) is 4.25. The lowest BCUT2D eigenvalue weighted by Gasteiger charge is -2.09. The predicted molar refractivity (Wildman–Crippen MR) is 66.6 cm³/mol. The number of anilines is 1. The molecule has 16 heavy (non-hydrogen) atoms. The Morgan fingerprint density at radius 3 is 2.69 bits per heavy atom. The third kappa shape index (κ3) is 4.84. The predicted octanol–water partition coefficient (Wildman–Crippen LogP) is 2.86. The minimum Gasteiger partial charge on any atom is -0.398 e. The van der Waals surface area contributed by atoms with Gasteiger partial charge in [0.05, 0.1) is 25.9 Å². The molecule has 0 saturated heterocycles. The van der Waals surface area contributed by atoms with Crippen LogP contribution in [0.3, 0.4) is 0 Å². The fraction of sp³-hybridized carbons (Fsp3) is 0.500. The average molecular weight is 244 g/mol. The first-order chi connectivity index (χ1) is 7.59. The summed E-state index contributed by atoms with van der Waals surface area (Å²) in [4.78, 5) is 0. The summed E-state index contributed by atoms with van der Waals surface area (Å²) in [5, 5.41) is 0.643. The van der Waals surface area contributed by atoms with Gasteiger partial charge >= 0.3 is 0 Å². The van der Waals surface area contributed by atoms with Gasteiger partial charge in [-0.2, -0.15) is 0 Å². The van der Waals surface area contributed by atoms with Crippen molar-refractivity contribution in [2.24, 2.45) is 0 Å². The Labute approximate surface area is 101 Å². The van der Waals surface area contributed by atoms with Crippen LogP contribution in [0.1, 0.15) is 19.4 Å². The SMILES string of the molecule is CC(C)OCCOCc1ccc(Cl)cc1N. The normalized spacial score (nSPS) is 11.0. The third-order valence-corrected chi connectivity index (χ3v) is 2.28. The first kappa shape index (κ1) is 13.3. The van der Waals surface area contributed by atoms with Crippen LogP contribution in [0.4, 0.5) is 5.69 Å². The summed E-state index contributed by atoms with van der Waals surface area (Å²) < 4.78 is 10.8. The van der Waals surface area contributed by atoms with Crippen LogP contribution in [0.15, 0.2) is 18.2 Å². The van der Waals surface area contributed by atoms with E-state index in [4.69, 9.17) is 26.8 Å². The molecule has 0 saturated carbocycles. The number of nitrogen functional groups attached to an aromatic ring is 1. The molecule has 0 aliphatic rings.